The molecule has 1 atom stereocenters. The molecule has 0 radical (unpaired) electrons. The number of allylic oxidation sites excluding steroid dienone is 2. The van der Waals surface area contributed by atoms with E-state index in [4.69, 9.17) is 0 Å². The van der Waals surface area contributed by atoms with E-state index in [1.807, 2.05) is 0 Å². The summed E-state index contributed by atoms with van der Waals surface area (Å²) in [6.45, 7) is 5.09. The molecule has 1 aromatic rings. The lowest BCUT2D eigenvalue weighted by atomic mass is 9.83. The second kappa shape index (κ2) is 6.99. The molecule has 1 aliphatic carbocycles. The molecule has 0 aromatic heterocycles. The maximum absolute atomic E-state index is 10.8. The summed E-state index contributed by atoms with van der Waals surface area (Å²) in [5.74, 6) is 0. The molecular weight excluding hydrogens is 318 g/mol. The zero-order valence-electron chi connectivity index (χ0n) is 13.4. The van der Waals surface area contributed by atoms with Gasteiger partial charge in [-0.3, -0.25) is 30.3 Å². The lowest BCUT2D eigenvalue weighted by Crippen LogP contribution is -2.64. The number of hydrogen-bond donors (Lipinski definition) is 0. The molecule has 0 fully saturated rings. The molecule has 0 saturated heterocycles. The summed E-state index contributed by atoms with van der Waals surface area (Å²) in [4.78, 5) is 28.9. The predicted molar refractivity (Wildman–Crippen MR) is 86.3 cm³/mol. The van der Waals surface area contributed by atoms with Gasteiger partial charge in [-0.05, 0) is 25.0 Å². The topological polar surface area (TPSA) is 129 Å². The highest BCUT2D eigenvalue weighted by atomic mass is 16.7. The quantitative estimate of drug-likeness (QED) is 0.474. The number of nitrogens with zero attached hydrogens (tertiary/aromatic N) is 3. The molecule has 24 heavy (non-hydrogen) atoms. The molecular formula is C15H17N3O6. The maximum Gasteiger partial charge on any atom is 0.548 e. The molecule has 2 rings (SSSR count). The minimum Gasteiger partial charge on any atom is -0.263 e. The van der Waals surface area contributed by atoms with Gasteiger partial charge < -0.3 is 0 Å². The molecule has 0 amide bonds. The minimum atomic E-state index is -2.97. The minimum absolute atomic E-state index is 0.621. The Kier molecular flexibility index (Phi) is 5.51. The number of rotatable bonds is 3. The van der Waals surface area contributed by atoms with Gasteiger partial charge in [-0.2, -0.15) is 0 Å². The van der Waals surface area contributed by atoms with Crippen LogP contribution in [-0.2, 0) is 0 Å². The number of nitro groups is 3. The molecule has 128 valence electrons. The lowest BCUT2D eigenvalue weighted by molar-refractivity contribution is -0.830. The predicted octanol–water partition coefficient (Wildman–Crippen LogP) is 2.70. The van der Waals surface area contributed by atoms with Gasteiger partial charge in [0, 0.05) is 17.9 Å². The van der Waals surface area contributed by atoms with E-state index in [0.29, 0.717) is 6.08 Å². The van der Waals surface area contributed by atoms with E-state index in [1.54, 1.807) is 0 Å². The molecule has 0 saturated carbocycles. The Balaban J connectivity index is 0.000000300. The first-order valence-corrected chi connectivity index (χ1v) is 6.92. The van der Waals surface area contributed by atoms with Crippen molar-refractivity contribution in [1.82, 2.24) is 0 Å². The van der Waals surface area contributed by atoms with Crippen molar-refractivity contribution in [3.63, 3.8) is 0 Å². The molecule has 0 aliphatic heterocycles. The van der Waals surface area contributed by atoms with Crippen LogP contribution in [0.1, 0.15) is 18.1 Å². The van der Waals surface area contributed by atoms with Crippen molar-refractivity contribution in [3.05, 3.63) is 90.0 Å². The van der Waals surface area contributed by atoms with E-state index >= 15 is 0 Å². The smallest absolute Gasteiger partial charge is 0.263 e. The van der Waals surface area contributed by atoms with Crippen molar-refractivity contribution in [1.29, 1.82) is 0 Å². The highest BCUT2D eigenvalue weighted by Gasteiger charge is 2.76. The van der Waals surface area contributed by atoms with Crippen LogP contribution in [-0.4, -0.2) is 26.0 Å². The third-order valence-electron chi connectivity index (χ3n) is 3.97. The number of hydrogen-bond acceptors (Lipinski definition) is 6. The Morgan fingerprint density at radius 2 is 1.21 bits per heavy atom. The van der Waals surface area contributed by atoms with Crippen LogP contribution in [0.3, 0.4) is 0 Å². The van der Waals surface area contributed by atoms with Gasteiger partial charge in [0.05, 0.1) is 6.08 Å². The van der Waals surface area contributed by atoms with Crippen molar-refractivity contribution in [2.24, 2.45) is 0 Å². The molecule has 0 heterocycles. The fourth-order valence-electron chi connectivity index (χ4n) is 2.14. The van der Waals surface area contributed by atoms with Crippen molar-refractivity contribution < 1.29 is 14.8 Å². The third kappa shape index (κ3) is 3.14. The Bertz CT molecular complexity index is 693. The molecule has 1 aliphatic rings. The summed E-state index contributed by atoms with van der Waals surface area (Å²) < 4.78 is 0. The summed E-state index contributed by atoms with van der Waals surface area (Å²) in [5.41, 5.74) is -2.64. The van der Waals surface area contributed by atoms with Crippen molar-refractivity contribution in [2.45, 2.75) is 32.0 Å². The highest BCUT2D eigenvalue weighted by molar-refractivity contribution is 5.25. The first-order valence-electron chi connectivity index (χ1n) is 6.92. The first kappa shape index (κ1) is 18.9. The summed E-state index contributed by atoms with van der Waals surface area (Å²) >= 11 is 0. The Hall–Kier alpha value is -3.10. The van der Waals surface area contributed by atoms with Gasteiger partial charge >= 0.3 is 11.2 Å². The largest absolute Gasteiger partial charge is 0.548 e. The van der Waals surface area contributed by atoms with Crippen LogP contribution in [0.25, 0.3) is 0 Å². The standard InChI is InChI=1S/C8H10.C7H7N3O6/c1-7-5-3-4-6-8(7)2;1-6(8(11)12)4-2-3-5-7(6,9(13)14)10(15)16/h3-6H,1-2H3;2-5H,1H3. The molecule has 9 heteroatoms. The fraction of sp³-hybridized carbons (Fsp3) is 0.333. The fourth-order valence-corrected chi connectivity index (χ4v) is 2.14. The van der Waals surface area contributed by atoms with Gasteiger partial charge in [-0.25, -0.2) is 0 Å². The summed E-state index contributed by atoms with van der Waals surface area (Å²) in [7, 11) is 0. The summed E-state index contributed by atoms with van der Waals surface area (Å²) in [5, 5.41) is 32.4. The first-order chi connectivity index (χ1) is 11.1. The molecule has 1 aromatic carbocycles. The van der Waals surface area contributed by atoms with Gasteiger partial charge in [0.2, 0.25) is 0 Å². The van der Waals surface area contributed by atoms with E-state index in [9.17, 15) is 30.3 Å². The number of benzene rings is 1. The second-order valence-electron chi connectivity index (χ2n) is 5.45. The summed E-state index contributed by atoms with van der Waals surface area (Å²) in [6, 6.07) is 8.36. The van der Waals surface area contributed by atoms with E-state index in [-0.39, 0.29) is 0 Å². The van der Waals surface area contributed by atoms with Gasteiger partial charge in [0.15, 0.2) is 0 Å². The van der Waals surface area contributed by atoms with Crippen LogP contribution < -0.4 is 0 Å². The monoisotopic (exact) mass is 335 g/mol. The normalized spacial score (nSPS) is 20.6. The van der Waals surface area contributed by atoms with E-state index in [0.717, 1.165) is 19.1 Å². The van der Waals surface area contributed by atoms with Crippen LogP contribution >= 0.6 is 0 Å². The number of aryl methyl sites for hydroxylation is 2. The van der Waals surface area contributed by atoms with Gasteiger partial charge in [0.25, 0.3) is 0 Å². The lowest BCUT2D eigenvalue weighted by Gasteiger charge is -2.24. The second-order valence-corrected chi connectivity index (χ2v) is 5.45. The van der Waals surface area contributed by atoms with Crippen molar-refractivity contribution in [2.75, 3.05) is 0 Å². The Morgan fingerprint density at radius 1 is 0.792 bits per heavy atom. The average Bonchev–Trinajstić information content (AvgIpc) is 2.50. The Morgan fingerprint density at radius 3 is 1.50 bits per heavy atom. The van der Waals surface area contributed by atoms with E-state index < -0.39 is 26.0 Å². The Labute approximate surface area is 137 Å². The van der Waals surface area contributed by atoms with Gasteiger partial charge in [0.1, 0.15) is 9.85 Å². The SMILES string of the molecule is CC1([N+](=O)[O-])C=CC=CC1([N+](=O)[O-])[N+](=O)[O-].Cc1ccccc1C. The van der Waals surface area contributed by atoms with Gasteiger partial charge in [-0.1, -0.05) is 36.4 Å². The summed E-state index contributed by atoms with van der Waals surface area (Å²) in [6.07, 6.45) is 3.69. The zero-order valence-corrected chi connectivity index (χ0v) is 13.4. The molecule has 9 nitrogen and oxygen atoms in total. The third-order valence-corrected chi connectivity index (χ3v) is 3.97. The van der Waals surface area contributed by atoms with Crippen LogP contribution in [0, 0.1) is 44.2 Å². The van der Waals surface area contributed by atoms with E-state index in [1.165, 1.54) is 17.2 Å². The highest BCUT2D eigenvalue weighted by Crippen LogP contribution is 2.34. The molecule has 1 unspecified atom stereocenters. The van der Waals surface area contributed by atoms with Gasteiger partial charge in [-0.15, -0.1) is 0 Å². The average molecular weight is 335 g/mol. The van der Waals surface area contributed by atoms with Crippen molar-refractivity contribution >= 4 is 0 Å². The molecule has 0 N–H and O–H groups in total. The van der Waals surface area contributed by atoms with Crippen LogP contribution in [0.5, 0.6) is 0 Å². The maximum atomic E-state index is 10.8. The molecule has 0 spiro atoms. The molecule has 0 bridgehead atoms. The van der Waals surface area contributed by atoms with Crippen LogP contribution in [0.2, 0.25) is 0 Å². The van der Waals surface area contributed by atoms with Crippen molar-refractivity contribution in [3.8, 4) is 0 Å². The zero-order chi connectivity index (χ0) is 18.5. The van der Waals surface area contributed by atoms with Crippen LogP contribution in [0.15, 0.2) is 48.6 Å². The van der Waals surface area contributed by atoms with Crippen LogP contribution in [0.4, 0.5) is 0 Å². The van der Waals surface area contributed by atoms with E-state index in [2.05, 4.69) is 38.1 Å².